The van der Waals surface area contributed by atoms with Gasteiger partial charge >= 0.3 is 0 Å². The molecule has 0 atom stereocenters. The van der Waals surface area contributed by atoms with Crippen LogP contribution in [0.5, 0.6) is 0 Å². The van der Waals surface area contributed by atoms with Crippen LogP contribution in [-0.2, 0) is 13.0 Å². The number of aromatic nitrogens is 2. The van der Waals surface area contributed by atoms with Gasteiger partial charge in [0.25, 0.3) is 0 Å². The zero-order valence-corrected chi connectivity index (χ0v) is 12.1. The maximum atomic E-state index is 6.05. The minimum Gasteiger partial charge on any atom is -0.398 e. The third-order valence-corrected chi connectivity index (χ3v) is 3.74. The minimum atomic E-state index is 0.689. The molecule has 0 unspecified atom stereocenters. The van der Waals surface area contributed by atoms with E-state index in [-0.39, 0.29) is 0 Å². The molecule has 0 bridgehead atoms. The molecule has 20 heavy (non-hydrogen) atoms. The van der Waals surface area contributed by atoms with Crippen LogP contribution in [0.4, 0.5) is 5.69 Å². The van der Waals surface area contributed by atoms with Crippen molar-refractivity contribution in [1.82, 2.24) is 9.55 Å². The van der Waals surface area contributed by atoms with Gasteiger partial charge in [-0.25, -0.2) is 4.98 Å². The van der Waals surface area contributed by atoms with Crippen LogP contribution in [0.3, 0.4) is 0 Å². The normalized spacial score (nSPS) is 11.1. The molecule has 3 rings (SSSR count). The second-order valence-corrected chi connectivity index (χ2v) is 5.22. The van der Waals surface area contributed by atoms with Crippen molar-refractivity contribution in [2.75, 3.05) is 5.73 Å². The molecule has 0 amide bonds. The third kappa shape index (κ3) is 2.25. The summed E-state index contributed by atoms with van der Waals surface area (Å²) in [5, 5.41) is 0.702. The van der Waals surface area contributed by atoms with Crippen molar-refractivity contribution in [3.05, 3.63) is 58.9 Å². The summed E-state index contributed by atoms with van der Waals surface area (Å²) < 4.78 is 2.22. The fourth-order valence-corrected chi connectivity index (χ4v) is 2.71. The largest absolute Gasteiger partial charge is 0.398 e. The first-order chi connectivity index (χ1) is 9.69. The third-order valence-electron chi connectivity index (χ3n) is 3.50. The Morgan fingerprint density at radius 1 is 1.20 bits per heavy atom. The zero-order chi connectivity index (χ0) is 14.1. The number of rotatable bonds is 3. The van der Waals surface area contributed by atoms with Gasteiger partial charge in [-0.15, -0.1) is 0 Å². The van der Waals surface area contributed by atoms with Gasteiger partial charge in [0.15, 0.2) is 0 Å². The molecule has 1 aromatic heterocycles. The molecule has 0 saturated heterocycles. The molecule has 1 heterocycles. The summed E-state index contributed by atoms with van der Waals surface area (Å²) in [5.74, 6) is 1.02. The molecular formula is C16H16ClN3. The highest BCUT2D eigenvalue weighted by atomic mass is 35.5. The number of nitrogen functional groups attached to an aromatic ring is 1. The van der Waals surface area contributed by atoms with Gasteiger partial charge in [-0.1, -0.05) is 23.7 Å². The lowest BCUT2D eigenvalue weighted by atomic mass is 10.1. The summed E-state index contributed by atoms with van der Waals surface area (Å²) in [5.41, 5.74) is 9.97. The number of imidazole rings is 1. The van der Waals surface area contributed by atoms with E-state index in [0.29, 0.717) is 11.4 Å². The maximum absolute atomic E-state index is 6.05. The fraction of sp³-hybridized carbons (Fsp3) is 0.188. The first-order valence-electron chi connectivity index (χ1n) is 6.67. The number of fused-ring (bicyclic) bond motifs is 1. The van der Waals surface area contributed by atoms with E-state index >= 15 is 0 Å². The van der Waals surface area contributed by atoms with Gasteiger partial charge < -0.3 is 10.3 Å². The van der Waals surface area contributed by atoms with Gasteiger partial charge in [0, 0.05) is 23.7 Å². The second kappa shape index (κ2) is 5.17. The summed E-state index contributed by atoms with van der Waals surface area (Å²) in [6.07, 6.45) is 0.689. The number of anilines is 1. The predicted octanol–water partition coefficient (Wildman–Crippen LogP) is 3.88. The van der Waals surface area contributed by atoms with E-state index in [9.17, 15) is 0 Å². The van der Waals surface area contributed by atoms with Gasteiger partial charge in [0.05, 0.1) is 11.0 Å². The summed E-state index contributed by atoms with van der Waals surface area (Å²) in [6.45, 7) is 3.01. The highest BCUT2D eigenvalue weighted by Crippen LogP contribution is 2.23. The Labute approximate surface area is 123 Å². The molecule has 3 aromatic rings. The molecule has 3 nitrogen and oxygen atoms in total. The Balaban J connectivity index is 2.08. The number of hydrogen-bond acceptors (Lipinski definition) is 2. The van der Waals surface area contributed by atoms with E-state index in [1.807, 2.05) is 36.4 Å². The Bertz CT molecular complexity index is 762. The molecule has 0 fully saturated rings. The van der Waals surface area contributed by atoms with Crippen LogP contribution in [-0.4, -0.2) is 9.55 Å². The van der Waals surface area contributed by atoms with Crippen molar-refractivity contribution in [3.8, 4) is 0 Å². The van der Waals surface area contributed by atoms with Crippen molar-refractivity contribution in [2.45, 2.75) is 19.9 Å². The number of halogens is 1. The van der Waals surface area contributed by atoms with Crippen molar-refractivity contribution in [1.29, 1.82) is 0 Å². The van der Waals surface area contributed by atoms with Crippen LogP contribution in [0.25, 0.3) is 11.0 Å². The molecule has 0 aliphatic heterocycles. The number of aryl methyl sites for hydroxylation is 1. The SMILES string of the molecule is CCn1c(Cc2cc(Cl)ccc2N)nc2ccccc21. The van der Waals surface area contributed by atoms with Gasteiger partial charge in [0.1, 0.15) is 5.82 Å². The number of para-hydroxylation sites is 2. The van der Waals surface area contributed by atoms with Crippen molar-refractivity contribution in [2.24, 2.45) is 0 Å². The number of nitrogens with two attached hydrogens (primary N) is 1. The van der Waals surface area contributed by atoms with Crippen LogP contribution in [0.2, 0.25) is 5.02 Å². The van der Waals surface area contributed by atoms with Crippen molar-refractivity contribution < 1.29 is 0 Å². The Morgan fingerprint density at radius 3 is 2.80 bits per heavy atom. The second-order valence-electron chi connectivity index (χ2n) is 4.78. The smallest absolute Gasteiger partial charge is 0.114 e. The highest BCUT2D eigenvalue weighted by molar-refractivity contribution is 6.30. The minimum absolute atomic E-state index is 0.689. The number of nitrogens with zero attached hydrogens (tertiary/aromatic N) is 2. The molecule has 0 aliphatic carbocycles. The van der Waals surface area contributed by atoms with Crippen LogP contribution < -0.4 is 5.73 Å². The van der Waals surface area contributed by atoms with Gasteiger partial charge in [-0.2, -0.15) is 0 Å². The molecule has 2 aromatic carbocycles. The van der Waals surface area contributed by atoms with Crippen LogP contribution >= 0.6 is 11.6 Å². The quantitative estimate of drug-likeness (QED) is 0.742. The molecule has 4 heteroatoms. The Morgan fingerprint density at radius 2 is 2.00 bits per heavy atom. The molecule has 0 aliphatic rings. The topological polar surface area (TPSA) is 43.8 Å². The maximum Gasteiger partial charge on any atom is 0.114 e. The lowest BCUT2D eigenvalue weighted by molar-refractivity contribution is 0.734. The predicted molar refractivity (Wildman–Crippen MR) is 84.1 cm³/mol. The first-order valence-corrected chi connectivity index (χ1v) is 7.05. The van der Waals surface area contributed by atoms with Crippen molar-refractivity contribution >= 4 is 28.3 Å². The lowest BCUT2D eigenvalue weighted by Gasteiger charge is -2.08. The van der Waals surface area contributed by atoms with Gasteiger partial charge in [-0.05, 0) is 42.8 Å². The zero-order valence-electron chi connectivity index (χ0n) is 11.3. The highest BCUT2D eigenvalue weighted by Gasteiger charge is 2.11. The van der Waals surface area contributed by atoms with E-state index < -0.39 is 0 Å². The van der Waals surface area contributed by atoms with E-state index in [4.69, 9.17) is 22.3 Å². The van der Waals surface area contributed by atoms with E-state index in [1.54, 1.807) is 0 Å². The van der Waals surface area contributed by atoms with E-state index in [2.05, 4.69) is 17.6 Å². The summed E-state index contributed by atoms with van der Waals surface area (Å²) in [6, 6.07) is 13.7. The average Bonchev–Trinajstić information content (AvgIpc) is 2.80. The van der Waals surface area contributed by atoms with Gasteiger partial charge in [0.2, 0.25) is 0 Å². The van der Waals surface area contributed by atoms with Crippen LogP contribution in [0.15, 0.2) is 42.5 Å². The molecule has 2 N–H and O–H groups in total. The Hall–Kier alpha value is -2.00. The molecular weight excluding hydrogens is 270 g/mol. The van der Waals surface area contributed by atoms with Crippen LogP contribution in [0, 0.1) is 0 Å². The van der Waals surface area contributed by atoms with Crippen LogP contribution in [0.1, 0.15) is 18.3 Å². The molecule has 0 radical (unpaired) electrons. The standard InChI is InChI=1S/C16H16ClN3/c1-2-20-15-6-4-3-5-14(15)19-16(20)10-11-9-12(17)7-8-13(11)18/h3-9H,2,10,18H2,1H3. The first kappa shape index (κ1) is 13.0. The van der Waals surface area contributed by atoms with E-state index in [0.717, 1.165) is 34.7 Å². The summed E-state index contributed by atoms with van der Waals surface area (Å²) in [7, 11) is 0. The monoisotopic (exact) mass is 285 g/mol. The number of benzene rings is 2. The summed E-state index contributed by atoms with van der Waals surface area (Å²) in [4.78, 5) is 4.71. The van der Waals surface area contributed by atoms with Crippen molar-refractivity contribution in [3.63, 3.8) is 0 Å². The van der Waals surface area contributed by atoms with E-state index in [1.165, 1.54) is 0 Å². The fourth-order valence-electron chi connectivity index (χ4n) is 2.51. The Kier molecular flexibility index (Phi) is 3.36. The average molecular weight is 286 g/mol. The summed E-state index contributed by atoms with van der Waals surface area (Å²) >= 11 is 6.05. The molecule has 0 saturated carbocycles. The molecule has 102 valence electrons. The van der Waals surface area contributed by atoms with Gasteiger partial charge in [-0.3, -0.25) is 0 Å². The molecule has 0 spiro atoms. The number of hydrogen-bond donors (Lipinski definition) is 1. The lowest BCUT2D eigenvalue weighted by Crippen LogP contribution is -2.04.